The molecule has 0 aliphatic rings. The lowest BCUT2D eigenvalue weighted by Crippen LogP contribution is -2.41. The summed E-state index contributed by atoms with van der Waals surface area (Å²) < 4.78 is 33.6. The molecule has 0 heterocycles. The van der Waals surface area contributed by atoms with Gasteiger partial charge < -0.3 is 10.1 Å². The number of aryl methyl sites for hydroxylation is 1. The minimum absolute atomic E-state index is 0.00566. The van der Waals surface area contributed by atoms with Gasteiger partial charge in [0.1, 0.15) is 12.3 Å². The lowest BCUT2D eigenvalue weighted by molar-refractivity contribution is -0.385. The Balaban J connectivity index is 1.81. The Hall–Kier alpha value is -2.70. The van der Waals surface area contributed by atoms with E-state index in [0.717, 1.165) is 15.9 Å². The fraction of sp³-hybridized carbons (Fsp3) is 0.240. The van der Waals surface area contributed by atoms with Gasteiger partial charge in [-0.2, -0.15) is 11.8 Å². The van der Waals surface area contributed by atoms with Gasteiger partial charge in [0.2, 0.25) is 5.91 Å². The van der Waals surface area contributed by atoms with Crippen molar-refractivity contribution in [2.45, 2.75) is 17.6 Å². The second-order valence-electron chi connectivity index (χ2n) is 8.14. The van der Waals surface area contributed by atoms with Gasteiger partial charge in [-0.05, 0) is 48.9 Å². The summed E-state index contributed by atoms with van der Waals surface area (Å²) in [5, 5.41) is 15.4. The molecule has 0 atom stereocenters. The van der Waals surface area contributed by atoms with Crippen molar-refractivity contribution in [1.82, 2.24) is 5.32 Å². The number of hydrogen-bond acceptors (Lipinski definition) is 7. The zero-order valence-electron chi connectivity index (χ0n) is 20.8. The van der Waals surface area contributed by atoms with Crippen LogP contribution in [-0.4, -0.2) is 45.2 Å². The van der Waals surface area contributed by atoms with Crippen LogP contribution in [0.25, 0.3) is 0 Å². The van der Waals surface area contributed by atoms with Crippen LogP contribution in [0.2, 0.25) is 15.1 Å². The van der Waals surface area contributed by atoms with E-state index in [1.807, 2.05) is 0 Å². The third-order valence-corrected chi connectivity index (χ3v) is 9.22. The number of sulfonamides is 1. The number of rotatable bonds is 12. The normalized spacial score (nSPS) is 11.2. The summed E-state index contributed by atoms with van der Waals surface area (Å²) in [7, 11) is -3.11. The first-order valence-electron chi connectivity index (χ1n) is 11.3. The van der Waals surface area contributed by atoms with E-state index < -0.39 is 27.4 Å². The van der Waals surface area contributed by atoms with Crippen LogP contribution in [0.15, 0.2) is 59.5 Å². The molecule has 3 aromatic carbocycles. The number of thioether (sulfide) groups is 1. The fourth-order valence-corrected chi connectivity index (χ4v) is 6.73. The minimum atomic E-state index is -4.46. The molecule has 14 heteroatoms. The number of benzene rings is 3. The number of nitro benzene ring substituents is 1. The highest BCUT2D eigenvalue weighted by atomic mass is 35.5. The van der Waals surface area contributed by atoms with E-state index in [-0.39, 0.29) is 33.6 Å². The topological polar surface area (TPSA) is 119 Å². The van der Waals surface area contributed by atoms with Gasteiger partial charge in [-0.15, -0.1) is 0 Å². The number of halogens is 3. The van der Waals surface area contributed by atoms with Crippen LogP contribution in [0.1, 0.15) is 11.1 Å². The van der Waals surface area contributed by atoms with Crippen LogP contribution in [-0.2, 0) is 20.6 Å². The molecule has 0 saturated carbocycles. The Morgan fingerprint density at radius 3 is 2.44 bits per heavy atom. The zero-order valence-corrected chi connectivity index (χ0v) is 24.7. The summed E-state index contributed by atoms with van der Waals surface area (Å²) in [5.41, 5.74) is 0.717. The summed E-state index contributed by atoms with van der Waals surface area (Å²) in [6.45, 7) is 1.11. The maximum absolute atomic E-state index is 13.7. The van der Waals surface area contributed by atoms with Gasteiger partial charge in [0.15, 0.2) is 0 Å². The second-order valence-corrected chi connectivity index (χ2v) is 12.4. The maximum Gasteiger partial charge on any atom is 0.273 e. The SMILES string of the molecule is COc1ccc(Cl)cc1N(CC(=O)NCCSCc1c(Cl)cccc1Cl)S(=O)(=O)c1ccc(C)c([N+](=O)[O-])c1. The van der Waals surface area contributed by atoms with Crippen LogP contribution in [0.3, 0.4) is 0 Å². The minimum Gasteiger partial charge on any atom is -0.495 e. The molecule has 0 saturated heterocycles. The number of carbonyl (C=O) groups excluding carboxylic acids is 1. The average Bonchev–Trinajstić information content (AvgIpc) is 2.88. The standard InChI is InChI=1S/C25H24Cl3N3O6S2/c1-16-6-8-18(13-22(16)31(33)34)39(35,36)30(23-12-17(26)7-9-24(23)37-2)14-25(32)29-10-11-38-15-19-20(27)4-3-5-21(19)28/h3-9,12-13H,10-11,14-15H2,1-2H3,(H,29,32). The van der Waals surface area contributed by atoms with E-state index in [2.05, 4.69) is 5.32 Å². The molecule has 0 unspecified atom stereocenters. The number of nitro groups is 1. The number of methoxy groups -OCH3 is 1. The molecule has 0 aliphatic carbocycles. The first kappa shape index (κ1) is 30.8. The number of carbonyl (C=O) groups is 1. The van der Waals surface area contributed by atoms with Crippen molar-refractivity contribution in [3.05, 3.63) is 90.9 Å². The van der Waals surface area contributed by atoms with E-state index in [4.69, 9.17) is 39.5 Å². The molecule has 9 nitrogen and oxygen atoms in total. The lowest BCUT2D eigenvalue weighted by atomic mass is 10.2. The molecule has 0 spiro atoms. The molecular weight excluding hydrogens is 609 g/mol. The highest BCUT2D eigenvalue weighted by Crippen LogP contribution is 2.36. The van der Waals surface area contributed by atoms with Gasteiger partial charge in [-0.1, -0.05) is 46.9 Å². The highest BCUT2D eigenvalue weighted by molar-refractivity contribution is 7.98. The van der Waals surface area contributed by atoms with E-state index in [1.165, 1.54) is 56.1 Å². The number of nitrogens with zero attached hydrogens (tertiary/aromatic N) is 2. The van der Waals surface area contributed by atoms with Crippen molar-refractivity contribution in [3.63, 3.8) is 0 Å². The van der Waals surface area contributed by atoms with Gasteiger partial charge in [-0.25, -0.2) is 8.42 Å². The van der Waals surface area contributed by atoms with Crippen LogP contribution in [0.4, 0.5) is 11.4 Å². The molecule has 1 amide bonds. The van der Waals surface area contributed by atoms with Crippen LogP contribution >= 0.6 is 46.6 Å². The first-order chi connectivity index (χ1) is 18.4. The molecule has 0 bridgehead atoms. The summed E-state index contributed by atoms with van der Waals surface area (Å²) >= 11 is 20.0. The molecule has 39 heavy (non-hydrogen) atoms. The third-order valence-electron chi connectivity index (χ3n) is 5.54. The molecule has 0 aliphatic heterocycles. The van der Waals surface area contributed by atoms with Crippen molar-refractivity contribution in [3.8, 4) is 5.75 Å². The maximum atomic E-state index is 13.7. The van der Waals surface area contributed by atoms with Crippen molar-refractivity contribution in [2.24, 2.45) is 0 Å². The monoisotopic (exact) mass is 631 g/mol. The molecule has 3 rings (SSSR count). The molecule has 1 N–H and O–H groups in total. The van der Waals surface area contributed by atoms with Crippen LogP contribution < -0.4 is 14.4 Å². The van der Waals surface area contributed by atoms with Gasteiger partial charge >= 0.3 is 0 Å². The summed E-state index contributed by atoms with van der Waals surface area (Å²) in [6, 6.07) is 13.1. The van der Waals surface area contributed by atoms with Crippen LogP contribution in [0.5, 0.6) is 5.75 Å². The predicted molar refractivity (Wildman–Crippen MR) is 156 cm³/mol. The average molecular weight is 633 g/mol. The number of amides is 1. The number of anilines is 1. The first-order valence-corrected chi connectivity index (χ1v) is 15.1. The Labute approximate surface area is 245 Å². The molecule has 0 radical (unpaired) electrons. The summed E-state index contributed by atoms with van der Waals surface area (Å²) in [4.78, 5) is 23.3. The lowest BCUT2D eigenvalue weighted by Gasteiger charge is -2.26. The summed E-state index contributed by atoms with van der Waals surface area (Å²) in [6.07, 6.45) is 0. The molecule has 0 aromatic heterocycles. The van der Waals surface area contributed by atoms with Crippen molar-refractivity contribution in [2.75, 3.05) is 30.3 Å². The smallest absolute Gasteiger partial charge is 0.273 e. The van der Waals surface area contributed by atoms with Gasteiger partial charge in [0, 0.05) is 44.7 Å². The Bertz CT molecular complexity index is 1470. The highest BCUT2D eigenvalue weighted by Gasteiger charge is 2.31. The largest absolute Gasteiger partial charge is 0.495 e. The fourth-order valence-electron chi connectivity index (χ4n) is 3.52. The van der Waals surface area contributed by atoms with E-state index >= 15 is 0 Å². The third kappa shape index (κ3) is 7.70. The van der Waals surface area contributed by atoms with Gasteiger partial charge in [0.05, 0.1) is 22.6 Å². The Kier molecular flexibility index (Phi) is 10.7. The number of hydrogen-bond donors (Lipinski definition) is 1. The predicted octanol–water partition coefficient (Wildman–Crippen LogP) is 6.12. The van der Waals surface area contributed by atoms with Crippen LogP contribution in [0, 0.1) is 17.0 Å². The van der Waals surface area contributed by atoms with Crippen molar-refractivity contribution >= 4 is 73.9 Å². The molecule has 3 aromatic rings. The number of ether oxygens (including phenoxy) is 1. The molecule has 208 valence electrons. The van der Waals surface area contributed by atoms with E-state index in [0.29, 0.717) is 27.1 Å². The van der Waals surface area contributed by atoms with E-state index in [1.54, 1.807) is 18.2 Å². The molecule has 0 fully saturated rings. The summed E-state index contributed by atoms with van der Waals surface area (Å²) in [5.74, 6) is 0.578. The van der Waals surface area contributed by atoms with Crippen molar-refractivity contribution < 1.29 is 22.9 Å². The van der Waals surface area contributed by atoms with E-state index in [9.17, 15) is 23.3 Å². The number of nitrogens with one attached hydrogen (secondary N) is 1. The Morgan fingerprint density at radius 1 is 1.10 bits per heavy atom. The van der Waals surface area contributed by atoms with Gasteiger partial charge in [0.25, 0.3) is 15.7 Å². The quantitative estimate of drug-likeness (QED) is 0.145. The Morgan fingerprint density at radius 2 is 1.79 bits per heavy atom. The van der Waals surface area contributed by atoms with Gasteiger partial charge in [-0.3, -0.25) is 19.2 Å². The zero-order chi connectivity index (χ0) is 28.7. The van der Waals surface area contributed by atoms with Crippen molar-refractivity contribution in [1.29, 1.82) is 0 Å². The second kappa shape index (κ2) is 13.6. The molecular formula is C25H24Cl3N3O6S2.